The molecule has 3 nitrogen and oxygen atoms in total. The van der Waals surface area contributed by atoms with Crippen LogP contribution in [0, 0.1) is 6.92 Å². The molecule has 0 spiro atoms. The minimum Gasteiger partial charge on any atom is -0.497 e. The van der Waals surface area contributed by atoms with Crippen LogP contribution in [0.4, 0.5) is 0 Å². The number of methoxy groups -OCH3 is 1. The molecule has 0 aliphatic carbocycles. The summed E-state index contributed by atoms with van der Waals surface area (Å²) in [4.78, 5) is 0. The molecule has 1 atom stereocenters. The molecule has 92 valence electrons. The number of ether oxygens (including phenoxy) is 1. The number of hydrogen-bond donors (Lipinski definition) is 1. The third-order valence-electron chi connectivity index (χ3n) is 3.36. The molecule has 1 aromatic heterocycles. The lowest BCUT2D eigenvalue weighted by atomic mass is 10.0. The van der Waals surface area contributed by atoms with Crippen LogP contribution in [0.1, 0.15) is 18.2 Å². The highest BCUT2D eigenvalue weighted by Gasteiger charge is 2.13. The predicted octanol–water partition coefficient (Wildman–Crippen LogP) is 2.39. The largest absolute Gasteiger partial charge is 0.497 e. The van der Waals surface area contributed by atoms with Crippen LogP contribution < -0.4 is 10.5 Å². The van der Waals surface area contributed by atoms with Crippen molar-refractivity contribution in [3.05, 3.63) is 29.5 Å². The van der Waals surface area contributed by atoms with E-state index in [1.807, 2.05) is 13.0 Å². The highest BCUT2D eigenvalue weighted by Crippen LogP contribution is 2.29. The molecule has 0 radical (unpaired) electrons. The van der Waals surface area contributed by atoms with Crippen molar-refractivity contribution in [2.75, 3.05) is 7.11 Å². The van der Waals surface area contributed by atoms with E-state index in [-0.39, 0.29) is 6.04 Å². The molecule has 0 saturated heterocycles. The van der Waals surface area contributed by atoms with Gasteiger partial charge in [-0.2, -0.15) is 0 Å². The second-order valence-corrected chi connectivity index (χ2v) is 4.69. The maximum atomic E-state index is 5.92. The Labute approximate surface area is 102 Å². The Morgan fingerprint density at radius 3 is 2.71 bits per heavy atom. The minimum absolute atomic E-state index is 0.172. The molecule has 0 saturated carbocycles. The van der Waals surface area contributed by atoms with Crippen molar-refractivity contribution in [2.24, 2.45) is 12.8 Å². The summed E-state index contributed by atoms with van der Waals surface area (Å²) < 4.78 is 7.51. The highest BCUT2D eigenvalue weighted by molar-refractivity contribution is 5.86. The summed E-state index contributed by atoms with van der Waals surface area (Å²) in [5.41, 5.74) is 9.77. The van der Waals surface area contributed by atoms with E-state index in [4.69, 9.17) is 10.5 Å². The fourth-order valence-corrected chi connectivity index (χ4v) is 2.33. The van der Waals surface area contributed by atoms with Crippen LogP contribution in [-0.4, -0.2) is 17.7 Å². The van der Waals surface area contributed by atoms with Gasteiger partial charge in [-0.1, -0.05) is 0 Å². The Balaban J connectivity index is 2.66. The first-order valence-corrected chi connectivity index (χ1v) is 5.92. The molecule has 1 unspecified atom stereocenters. The first-order valence-electron chi connectivity index (χ1n) is 5.92. The van der Waals surface area contributed by atoms with Crippen molar-refractivity contribution in [2.45, 2.75) is 26.3 Å². The van der Waals surface area contributed by atoms with Gasteiger partial charge < -0.3 is 15.0 Å². The number of benzene rings is 1. The second-order valence-electron chi connectivity index (χ2n) is 4.69. The molecule has 0 bridgehead atoms. The molecule has 3 heteroatoms. The van der Waals surface area contributed by atoms with E-state index in [0.717, 1.165) is 12.2 Å². The predicted molar refractivity (Wildman–Crippen MR) is 71.6 cm³/mol. The standard InChI is InChI=1S/C14H20N2O/c1-9(15)7-12-10(2)16(3)14-6-5-11(17-4)8-13(12)14/h5-6,8-9H,7,15H2,1-4H3. The van der Waals surface area contributed by atoms with Crippen LogP contribution in [-0.2, 0) is 13.5 Å². The van der Waals surface area contributed by atoms with Crippen molar-refractivity contribution < 1.29 is 4.74 Å². The zero-order valence-corrected chi connectivity index (χ0v) is 10.9. The number of nitrogens with two attached hydrogens (primary N) is 1. The number of aryl methyl sites for hydroxylation is 1. The van der Waals surface area contributed by atoms with Gasteiger partial charge in [-0.3, -0.25) is 0 Å². The van der Waals surface area contributed by atoms with Gasteiger partial charge in [0, 0.05) is 29.7 Å². The van der Waals surface area contributed by atoms with Crippen LogP contribution >= 0.6 is 0 Å². The van der Waals surface area contributed by atoms with E-state index >= 15 is 0 Å². The molecule has 17 heavy (non-hydrogen) atoms. The highest BCUT2D eigenvalue weighted by atomic mass is 16.5. The van der Waals surface area contributed by atoms with E-state index in [1.54, 1.807) is 7.11 Å². The summed E-state index contributed by atoms with van der Waals surface area (Å²) in [5.74, 6) is 0.897. The summed E-state index contributed by atoms with van der Waals surface area (Å²) in [5, 5.41) is 1.25. The van der Waals surface area contributed by atoms with E-state index < -0.39 is 0 Å². The van der Waals surface area contributed by atoms with Crippen molar-refractivity contribution in [1.82, 2.24) is 4.57 Å². The first kappa shape index (κ1) is 12.0. The Morgan fingerprint density at radius 2 is 2.12 bits per heavy atom. The van der Waals surface area contributed by atoms with Crippen LogP contribution in [0.25, 0.3) is 10.9 Å². The lowest BCUT2D eigenvalue weighted by Crippen LogP contribution is -2.18. The Bertz CT molecular complexity index is 541. The number of fused-ring (bicyclic) bond motifs is 1. The van der Waals surface area contributed by atoms with Crippen molar-refractivity contribution in [1.29, 1.82) is 0 Å². The lowest BCUT2D eigenvalue weighted by Gasteiger charge is -2.06. The molecule has 0 amide bonds. The van der Waals surface area contributed by atoms with Gasteiger partial charge in [0.1, 0.15) is 5.75 Å². The van der Waals surface area contributed by atoms with E-state index in [1.165, 1.54) is 22.2 Å². The number of aromatic nitrogens is 1. The van der Waals surface area contributed by atoms with Gasteiger partial charge in [0.15, 0.2) is 0 Å². The Hall–Kier alpha value is -1.48. The van der Waals surface area contributed by atoms with Crippen LogP contribution in [0.5, 0.6) is 5.75 Å². The molecule has 2 aromatic rings. The molecular weight excluding hydrogens is 212 g/mol. The molecule has 2 rings (SSSR count). The van der Waals surface area contributed by atoms with Gasteiger partial charge in [0.05, 0.1) is 7.11 Å². The Kier molecular flexibility index (Phi) is 3.11. The third-order valence-corrected chi connectivity index (χ3v) is 3.36. The molecule has 0 aliphatic rings. The monoisotopic (exact) mass is 232 g/mol. The zero-order valence-electron chi connectivity index (χ0n) is 10.9. The van der Waals surface area contributed by atoms with E-state index in [2.05, 4.69) is 30.7 Å². The topological polar surface area (TPSA) is 40.2 Å². The average molecular weight is 232 g/mol. The van der Waals surface area contributed by atoms with Gasteiger partial charge in [0.25, 0.3) is 0 Å². The molecule has 2 N–H and O–H groups in total. The van der Waals surface area contributed by atoms with E-state index in [9.17, 15) is 0 Å². The fourth-order valence-electron chi connectivity index (χ4n) is 2.33. The van der Waals surface area contributed by atoms with Crippen LogP contribution in [0.3, 0.4) is 0 Å². The van der Waals surface area contributed by atoms with Crippen LogP contribution in [0.15, 0.2) is 18.2 Å². The average Bonchev–Trinajstić information content (AvgIpc) is 2.53. The fraction of sp³-hybridized carbons (Fsp3) is 0.429. The summed E-state index contributed by atoms with van der Waals surface area (Å²) in [7, 11) is 3.79. The lowest BCUT2D eigenvalue weighted by molar-refractivity contribution is 0.415. The van der Waals surface area contributed by atoms with Gasteiger partial charge in [0.2, 0.25) is 0 Å². The van der Waals surface area contributed by atoms with Gasteiger partial charge in [-0.15, -0.1) is 0 Å². The quantitative estimate of drug-likeness (QED) is 0.882. The van der Waals surface area contributed by atoms with Crippen molar-refractivity contribution in [3.8, 4) is 5.75 Å². The maximum absolute atomic E-state index is 5.92. The van der Waals surface area contributed by atoms with Gasteiger partial charge in [-0.05, 0) is 44.0 Å². The minimum atomic E-state index is 0.172. The molecule has 1 aromatic carbocycles. The smallest absolute Gasteiger partial charge is 0.119 e. The van der Waals surface area contributed by atoms with Crippen molar-refractivity contribution >= 4 is 10.9 Å². The third kappa shape index (κ3) is 2.03. The number of nitrogens with zero attached hydrogens (tertiary/aromatic N) is 1. The molecular formula is C14H20N2O. The van der Waals surface area contributed by atoms with Gasteiger partial charge in [-0.25, -0.2) is 0 Å². The second kappa shape index (κ2) is 4.41. The van der Waals surface area contributed by atoms with Crippen LogP contribution in [0.2, 0.25) is 0 Å². The van der Waals surface area contributed by atoms with E-state index in [0.29, 0.717) is 0 Å². The molecule has 0 fully saturated rings. The summed E-state index contributed by atoms with van der Waals surface area (Å²) in [6.45, 7) is 4.18. The molecule has 0 aliphatic heterocycles. The van der Waals surface area contributed by atoms with Crippen molar-refractivity contribution in [3.63, 3.8) is 0 Å². The first-order chi connectivity index (χ1) is 8.04. The van der Waals surface area contributed by atoms with Gasteiger partial charge >= 0.3 is 0 Å². The SMILES string of the molecule is COc1ccc2c(c1)c(CC(C)N)c(C)n2C. The normalized spacial score (nSPS) is 13.0. The summed E-state index contributed by atoms with van der Waals surface area (Å²) in [6, 6.07) is 6.37. The summed E-state index contributed by atoms with van der Waals surface area (Å²) >= 11 is 0. The summed E-state index contributed by atoms with van der Waals surface area (Å²) in [6.07, 6.45) is 0.899. The number of hydrogen-bond acceptors (Lipinski definition) is 2. The Morgan fingerprint density at radius 1 is 1.41 bits per heavy atom. The number of rotatable bonds is 3. The maximum Gasteiger partial charge on any atom is 0.119 e. The molecule has 1 heterocycles. The zero-order chi connectivity index (χ0) is 12.6.